The largest absolute Gasteiger partial charge is 0.479 e. The van der Waals surface area contributed by atoms with E-state index in [1.807, 2.05) is 73.7 Å². The van der Waals surface area contributed by atoms with Gasteiger partial charge in [0.1, 0.15) is 21.9 Å². The first-order valence-corrected chi connectivity index (χ1v) is 16.6. The Bertz CT molecular complexity index is 2150. The van der Waals surface area contributed by atoms with Crippen molar-refractivity contribution in [3.05, 3.63) is 131 Å². The predicted octanol–water partition coefficient (Wildman–Crippen LogP) is 7.39. The predicted molar refractivity (Wildman–Crippen MR) is 188 cm³/mol. The Morgan fingerprint density at radius 2 is 1.59 bits per heavy atom. The van der Waals surface area contributed by atoms with Gasteiger partial charge in [0, 0.05) is 11.4 Å². The van der Waals surface area contributed by atoms with Gasteiger partial charge >= 0.3 is 18.0 Å². The number of anilines is 1. The SMILES string of the molecule is CCOC(=O)C(C)Oc1ccc(Oc2nc3c(c(SCc4ccccc4)nn3-c3ccccc3)c(=O)n2C(=O)Nc2cccc(C)c2)cc1. The van der Waals surface area contributed by atoms with Crippen LogP contribution in [-0.4, -0.2) is 44.0 Å². The minimum Gasteiger partial charge on any atom is -0.479 e. The molecule has 0 saturated heterocycles. The number of para-hydroxylation sites is 1. The second kappa shape index (κ2) is 14.9. The van der Waals surface area contributed by atoms with Crippen molar-refractivity contribution in [1.29, 1.82) is 0 Å². The number of rotatable bonds is 11. The number of hydrogen-bond donors (Lipinski definition) is 1. The lowest BCUT2D eigenvalue weighted by atomic mass is 10.2. The number of aromatic nitrogens is 4. The number of aryl methyl sites for hydroxylation is 1. The molecule has 6 aromatic rings. The van der Waals surface area contributed by atoms with Crippen molar-refractivity contribution in [3.63, 3.8) is 0 Å². The molecule has 0 aliphatic carbocycles. The van der Waals surface area contributed by atoms with Crippen molar-refractivity contribution < 1.29 is 23.8 Å². The average molecular weight is 676 g/mol. The third-order valence-corrected chi connectivity index (χ3v) is 8.33. The average Bonchev–Trinajstić information content (AvgIpc) is 3.48. The number of thioether (sulfide) groups is 1. The molecule has 2 aromatic heterocycles. The number of fused-ring (bicyclic) bond motifs is 1. The molecule has 2 heterocycles. The normalized spacial score (nSPS) is 11.6. The second-order valence-corrected chi connectivity index (χ2v) is 11.9. The molecular formula is C37H33N5O6S. The lowest BCUT2D eigenvalue weighted by molar-refractivity contribution is -0.150. The van der Waals surface area contributed by atoms with Crippen molar-refractivity contribution in [2.24, 2.45) is 0 Å². The number of nitrogens with zero attached hydrogens (tertiary/aromatic N) is 4. The first kappa shape index (κ1) is 33.0. The second-order valence-electron chi connectivity index (χ2n) is 10.9. The first-order valence-electron chi connectivity index (χ1n) is 15.6. The molecule has 12 heteroatoms. The molecular weight excluding hydrogens is 643 g/mol. The summed E-state index contributed by atoms with van der Waals surface area (Å²) < 4.78 is 19.3. The first-order chi connectivity index (χ1) is 23.8. The zero-order chi connectivity index (χ0) is 34.3. The lowest BCUT2D eigenvalue weighted by Crippen LogP contribution is -2.33. The van der Waals surface area contributed by atoms with E-state index in [2.05, 4.69) is 5.32 Å². The highest BCUT2D eigenvalue weighted by molar-refractivity contribution is 7.98. The Morgan fingerprint density at radius 3 is 2.29 bits per heavy atom. The number of esters is 1. The molecule has 6 rings (SSSR count). The van der Waals surface area contributed by atoms with Crippen LogP contribution in [0.1, 0.15) is 25.0 Å². The number of ether oxygens (including phenoxy) is 3. The quantitative estimate of drug-likeness (QED) is 0.111. The summed E-state index contributed by atoms with van der Waals surface area (Å²) in [6.07, 6.45) is -0.821. The highest BCUT2D eigenvalue weighted by Gasteiger charge is 2.26. The fourth-order valence-electron chi connectivity index (χ4n) is 4.95. The number of nitrogens with one attached hydrogen (secondary N) is 1. The molecule has 1 amide bonds. The van der Waals surface area contributed by atoms with E-state index in [1.54, 1.807) is 61.0 Å². The van der Waals surface area contributed by atoms with Crippen LogP contribution in [-0.2, 0) is 15.3 Å². The standard InChI is InChI=1S/C37H33N5O6S/c1-4-46-35(44)25(3)47-29-18-20-30(21-19-29)48-37-39-32-31(34(43)41(37)36(45)38-27-15-11-12-24(2)22-27)33(49-23-26-13-7-5-8-14-26)40-42(32)28-16-9-6-10-17-28/h5-22,25H,4,23H2,1-3H3,(H,38,45). The van der Waals surface area contributed by atoms with Crippen molar-refractivity contribution in [2.75, 3.05) is 11.9 Å². The molecule has 11 nitrogen and oxygen atoms in total. The summed E-state index contributed by atoms with van der Waals surface area (Å²) in [6, 6.07) is 31.7. The molecule has 1 unspecified atom stereocenters. The summed E-state index contributed by atoms with van der Waals surface area (Å²) >= 11 is 1.38. The van der Waals surface area contributed by atoms with Crippen LogP contribution in [0.4, 0.5) is 10.5 Å². The van der Waals surface area contributed by atoms with Crippen LogP contribution >= 0.6 is 11.8 Å². The van der Waals surface area contributed by atoms with Crippen LogP contribution in [0.3, 0.4) is 0 Å². The zero-order valence-electron chi connectivity index (χ0n) is 27.0. The summed E-state index contributed by atoms with van der Waals surface area (Å²) in [6.45, 7) is 5.46. The highest BCUT2D eigenvalue weighted by atomic mass is 32.2. The molecule has 0 radical (unpaired) electrons. The number of hydrogen-bond acceptors (Lipinski definition) is 9. The molecule has 4 aromatic carbocycles. The van der Waals surface area contributed by atoms with Gasteiger partial charge in [-0.1, -0.05) is 72.4 Å². The van der Waals surface area contributed by atoms with Crippen molar-refractivity contribution in [1.82, 2.24) is 19.3 Å². The molecule has 0 bridgehead atoms. The number of amides is 1. The Labute approximate surface area is 286 Å². The van der Waals surface area contributed by atoms with Crippen LogP contribution in [0, 0.1) is 6.92 Å². The molecule has 0 aliphatic rings. The summed E-state index contributed by atoms with van der Waals surface area (Å²) in [5.74, 6) is 0.718. The zero-order valence-corrected chi connectivity index (χ0v) is 27.8. The van der Waals surface area contributed by atoms with Gasteiger partial charge in [0.15, 0.2) is 11.8 Å². The Morgan fingerprint density at radius 1 is 0.898 bits per heavy atom. The summed E-state index contributed by atoms with van der Waals surface area (Å²) in [5.41, 5.74) is 2.73. The van der Waals surface area contributed by atoms with Crippen LogP contribution < -0.4 is 20.3 Å². The number of carbonyl (C=O) groups is 2. The Kier molecular flexibility index (Phi) is 10.1. The van der Waals surface area contributed by atoms with Crippen molar-refractivity contribution in [3.8, 4) is 23.2 Å². The Balaban J connectivity index is 1.44. The monoisotopic (exact) mass is 675 g/mol. The van der Waals surface area contributed by atoms with Crippen LogP contribution in [0.5, 0.6) is 17.5 Å². The van der Waals surface area contributed by atoms with Gasteiger partial charge in [-0.25, -0.2) is 14.3 Å². The van der Waals surface area contributed by atoms with E-state index in [0.29, 0.717) is 27.9 Å². The van der Waals surface area contributed by atoms with Gasteiger partial charge < -0.3 is 19.5 Å². The van der Waals surface area contributed by atoms with E-state index >= 15 is 0 Å². The molecule has 0 spiro atoms. The smallest absolute Gasteiger partial charge is 0.347 e. The molecule has 0 fully saturated rings. The molecule has 0 saturated carbocycles. The van der Waals surface area contributed by atoms with E-state index in [-0.39, 0.29) is 29.4 Å². The third kappa shape index (κ3) is 7.65. The van der Waals surface area contributed by atoms with Crippen molar-refractivity contribution >= 4 is 40.5 Å². The summed E-state index contributed by atoms with van der Waals surface area (Å²) in [7, 11) is 0. The molecule has 1 atom stereocenters. The molecule has 0 aliphatic heterocycles. The van der Waals surface area contributed by atoms with Gasteiger partial charge in [-0.3, -0.25) is 4.79 Å². The third-order valence-electron chi connectivity index (χ3n) is 7.29. The molecule has 248 valence electrons. The van der Waals surface area contributed by atoms with Gasteiger partial charge in [0.05, 0.1) is 12.3 Å². The lowest BCUT2D eigenvalue weighted by Gasteiger charge is -2.15. The fraction of sp³-hybridized carbons (Fsp3) is 0.162. The molecule has 49 heavy (non-hydrogen) atoms. The van der Waals surface area contributed by atoms with E-state index < -0.39 is 23.7 Å². The summed E-state index contributed by atoms with van der Waals surface area (Å²) in [4.78, 5) is 45.1. The maximum absolute atomic E-state index is 14.5. The van der Waals surface area contributed by atoms with Gasteiger partial charge in [-0.15, -0.1) is 0 Å². The number of carbonyl (C=O) groups excluding carboxylic acids is 2. The maximum atomic E-state index is 14.5. The van der Waals surface area contributed by atoms with Gasteiger partial charge in [-0.05, 0) is 80.4 Å². The van der Waals surface area contributed by atoms with Crippen molar-refractivity contribution in [2.45, 2.75) is 37.7 Å². The number of benzene rings is 4. The minimum absolute atomic E-state index is 0.174. The van der Waals surface area contributed by atoms with Gasteiger partial charge in [-0.2, -0.15) is 14.6 Å². The highest BCUT2D eigenvalue weighted by Crippen LogP contribution is 2.31. The van der Waals surface area contributed by atoms with Crippen LogP contribution in [0.2, 0.25) is 0 Å². The topological polar surface area (TPSA) is 127 Å². The van der Waals surface area contributed by atoms with E-state index in [0.717, 1.165) is 15.7 Å². The van der Waals surface area contributed by atoms with E-state index in [9.17, 15) is 14.4 Å². The van der Waals surface area contributed by atoms with E-state index in [1.165, 1.54) is 11.8 Å². The summed E-state index contributed by atoms with van der Waals surface area (Å²) in [5, 5.41) is 8.20. The van der Waals surface area contributed by atoms with Gasteiger partial charge in [0.2, 0.25) is 0 Å². The maximum Gasteiger partial charge on any atom is 0.347 e. The molecule has 1 N–H and O–H groups in total. The van der Waals surface area contributed by atoms with Gasteiger partial charge in [0.25, 0.3) is 5.56 Å². The van der Waals surface area contributed by atoms with E-state index in [4.69, 9.17) is 24.3 Å². The van der Waals surface area contributed by atoms with Crippen LogP contribution in [0.15, 0.2) is 119 Å². The Hall–Kier alpha value is -5.88. The van der Waals surface area contributed by atoms with Crippen LogP contribution in [0.25, 0.3) is 16.7 Å². The fourth-order valence-corrected chi connectivity index (χ4v) is 5.91. The minimum atomic E-state index is -0.821.